The van der Waals surface area contributed by atoms with Gasteiger partial charge < -0.3 is 10.1 Å². The Balaban J connectivity index is 1.84. The van der Waals surface area contributed by atoms with Crippen molar-refractivity contribution in [3.8, 4) is 5.75 Å². The molecule has 1 fully saturated rings. The summed E-state index contributed by atoms with van der Waals surface area (Å²) in [6.07, 6.45) is 1.63. The van der Waals surface area contributed by atoms with E-state index in [1.165, 1.54) is 19.2 Å². The molecule has 0 spiro atoms. The Bertz CT molecular complexity index is 958. The Morgan fingerprint density at radius 1 is 1.15 bits per heavy atom. The summed E-state index contributed by atoms with van der Waals surface area (Å²) < 4.78 is 55.2. The summed E-state index contributed by atoms with van der Waals surface area (Å²) in [6.45, 7) is 0.301. The maximum atomic E-state index is 13.0. The van der Waals surface area contributed by atoms with Crippen molar-refractivity contribution in [1.82, 2.24) is 10.3 Å². The highest BCUT2D eigenvalue weighted by atomic mass is 32.2. The molecular weight excluding hydrogens is 376 g/mol. The highest BCUT2D eigenvalue weighted by Crippen LogP contribution is 2.27. The highest BCUT2D eigenvalue weighted by molar-refractivity contribution is 7.96. The van der Waals surface area contributed by atoms with Gasteiger partial charge in [0.15, 0.2) is 19.7 Å². The van der Waals surface area contributed by atoms with Gasteiger partial charge in [0.2, 0.25) is 0 Å². The van der Waals surface area contributed by atoms with E-state index in [1.807, 2.05) is 6.07 Å². The Labute approximate surface area is 153 Å². The van der Waals surface area contributed by atoms with E-state index in [4.69, 9.17) is 4.74 Å². The Morgan fingerprint density at radius 3 is 2.50 bits per heavy atom. The first kappa shape index (κ1) is 18.8. The zero-order valence-electron chi connectivity index (χ0n) is 14.2. The molecule has 2 heterocycles. The molecule has 0 amide bonds. The molecule has 140 valence electrons. The number of benzene rings is 1. The average Bonchev–Trinajstić information content (AvgIpc) is 2.96. The molecule has 0 bridgehead atoms. The fraction of sp³-hybridized carbons (Fsp3) is 0.353. The Morgan fingerprint density at radius 2 is 1.88 bits per heavy atom. The number of nitrogens with zero attached hydrogens (tertiary/aromatic N) is 1. The minimum Gasteiger partial charge on any atom is -0.497 e. The van der Waals surface area contributed by atoms with Crippen molar-refractivity contribution < 1.29 is 21.6 Å². The van der Waals surface area contributed by atoms with Crippen LogP contribution >= 0.6 is 0 Å². The van der Waals surface area contributed by atoms with Crippen LogP contribution in [-0.2, 0) is 26.2 Å². The molecule has 1 aliphatic rings. The molecule has 1 aromatic carbocycles. The van der Waals surface area contributed by atoms with E-state index >= 15 is 0 Å². The summed E-state index contributed by atoms with van der Waals surface area (Å²) in [4.78, 5) is 4.25. The minimum atomic E-state index is -3.81. The van der Waals surface area contributed by atoms with Crippen LogP contribution in [0.25, 0.3) is 0 Å². The van der Waals surface area contributed by atoms with E-state index in [0.29, 0.717) is 12.3 Å². The molecule has 9 heteroatoms. The number of hydrogen-bond acceptors (Lipinski definition) is 7. The number of aromatic nitrogens is 1. The van der Waals surface area contributed by atoms with E-state index in [2.05, 4.69) is 10.3 Å². The van der Waals surface area contributed by atoms with Gasteiger partial charge in [-0.15, -0.1) is 0 Å². The molecule has 7 nitrogen and oxygen atoms in total. The second-order valence-corrected chi connectivity index (χ2v) is 10.5. The Hall–Kier alpha value is -1.97. The topological polar surface area (TPSA) is 102 Å². The first-order valence-corrected chi connectivity index (χ1v) is 11.4. The van der Waals surface area contributed by atoms with Gasteiger partial charge in [-0.3, -0.25) is 4.98 Å². The van der Waals surface area contributed by atoms with Gasteiger partial charge >= 0.3 is 0 Å². The van der Waals surface area contributed by atoms with Crippen LogP contribution < -0.4 is 10.1 Å². The third-order valence-corrected chi connectivity index (χ3v) is 8.53. The van der Waals surface area contributed by atoms with Crippen LogP contribution in [0.3, 0.4) is 0 Å². The van der Waals surface area contributed by atoms with Crippen molar-refractivity contribution in [1.29, 1.82) is 0 Å². The Kier molecular flexibility index (Phi) is 5.31. The van der Waals surface area contributed by atoms with Crippen molar-refractivity contribution in [3.05, 3.63) is 54.4 Å². The molecule has 1 aliphatic heterocycles. The maximum absolute atomic E-state index is 13.0. The second-order valence-electron chi connectivity index (χ2n) is 6.14. The number of hydrogen-bond donors (Lipinski definition) is 1. The number of pyridine rings is 1. The molecule has 2 atom stereocenters. The number of nitrogens with one attached hydrogen (secondary N) is 1. The zero-order valence-corrected chi connectivity index (χ0v) is 15.8. The molecule has 0 aliphatic carbocycles. The van der Waals surface area contributed by atoms with Gasteiger partial charge in [-0.25, -0.2) is 16.8 Å². The number of rotatable bonds is 6. The van der Waals surface area contributed by atoms with E-state index in [9.17, 15) is 16.8 Å². The third kappa shape index (κ3) is 4.05. The van der Waals surface area contributed by atoms with Crippen molar-refractivity contribution in [3.63, 3.8) is 0 Å². The minimum absolute atomic E-state index is 0.0880. The lowest BCUT2D eigenvalue weighted by Gasteiger charge is -2.20. The van der Waals surface area contributed by atoms with E-state index in [0.717, 1.165) is 5.69 Å². The van der Waals surface area contributed by atoms with Crippen molar-refractivity contribution in [2.75, 3.05) is 18.6 Å². The van der Waals surface area contributed by atoms with Crippen molar-refractivity contribution >= 4 is 19.7 Å². The fourth-order valence-corrected chi connectivity index (χ4v) is 7.71. The largest absolute Gasteiger partial charge is 0.497 e. The lowest BCUT2D eigenvalue weighted by Crippen LogP contribution is -2.43. The van der Waals surface area contributed by atoms with Crippen LogP contribution in [0.4, 0.5) is 0 Å². The van der Waals surface area contributed by atoms with E-state index in [-0.39, 0.29) is 16.4 Å². The number of ether oxygens (including phenoxy) is 1. The van der Waals surface area contributed by atoms with Gasteiger partial charge in [-0.05, 0) is 36.4 Å². The van der Waals surface area contributed by atoms with Crippen molar-refractivity contribution in [2.24, 2.45) is 0 Å². The normalized spacial score (nSPS) is 22.2. The van der Waals surface area contributed by atoms with Gasteiger partial charge in [-0.1, -0.05) is 6.07 Å². The maximum Gasteiger partial charge on any atom is 0.183 e. The van der Waals surface area contributed by atoms with Gasteiger partial charge in [0.05, 0.1) is 34.5 Å². The van der Waals surface area contributed by atoms with Crippen LogP contribution in [-0.4, -0.2) is 51.7 Å². The van der Waals surface area contributed by atoms with Crippen LogP contribution in [0.1, 0.15) is 5.69 Å². The lowest BCUT2D eigenvalue weighted by atomic mass is 10.2. The smallest absolute Gasteiger partial charge is 0.183 e. The number of sulfone groups is 2. The SMILES string of the molecule is COc1ccc(S(=O)(=O)C2CS(=O)(=O)CC2NCc2ccccn2)cc1. The van der Waals surface area contributed by atoms with E-state index in [1.54, 1.807) is 30.5 Å². The van der Waals surface area contributed by atoms with Gasteiger partial charge in [0.1, 0.15) is 5.75 Å². The molecule has 0 radical (unpaired) electrons. The van der Waals surface area contributed by atoms with Crippen molar-refractivity contribution in [2.45, 2.75) is 22.7 Å². The average molecular weight is 396 g/mol. The standard InChI is InChI=1S/C17H20N2O5S2/c1-24-14-5-7-15(8-6-14)26(22,23)17-12-25(20,21)11-16(17)19-10-13-4-2-3-9-18-13/h2-9,16-17,19H,10-12H2,1H3. The molecule has 1 aromatic heterocycles. The summed E-state index contributed by atoms with van der Waals surface area (Å²) >= 11 is 0. The highest BCUT2D eigenvalue weighted by Gasteiger charge is 2.45. The summed E-state index contributed by atoms with van der Waals surface area (Å²) in [5.41, 5.74) is 0.720. The second kappa shape index (κ2) is 7.34. The zero-order chi connectivity index (χ0) is 18.8. The van der Waals surface area contributed by atoms with Crippen LogP contribution in [0.2, 0.25) is 0 Å². The summed E-state index contributed by atoms with van der Waals surface area (Å²) in [6, 6.07) is 10.7. The lowest BCUT2D eigenvalue weighted by molar-refractivity contribution is 0.414. The first-order chi connectivity index (χ1) is 12.3. The number of methoxy groups -OCH3 is 1. The molecule has 2 unspecified atom stereocenters. The molecule has 1 N–H and O–H groups in total. The predicted octanol–water partition coefficient (Wildman–Crippen LogP) is 0.819. The van der Waals surface area contributed by atoms with E-state index < -0.39 is 31.0 Å². The quantitative estimate of drug-likeness (QED) is 0.771. The molecule has 26 heavy (non-hydrogen) atoms. The molecule has 1 saturated heterocycles. The summed E-state index contributed by atoms with van der Waals surface area (Å²) in [5.74, 6) is -0.0611. The van der Waals surface area contributed by atoms with Gasteiger partial charge in [0, 0.05) is 18.8 Å². The molecule has 0 saturated carbocycles. The van der Waals surface area contributed by atoms with Crippen LogP contribution in [0.15, 0.2) is 53.6 Å². The summed E-state index contributed by atoms with van der Waals surface area (Å²) in [5, 5.41) is 2.02. The first-order valence-electron chi connectivity index (χ1n) is 8.03. The molecule has 3 rings (SSSR count). The fourth-order valence-electron chi connectivity index (χ4n) is 2.99. The molecule has 2 aromatic rings. The van der Waals surface area contributed by atoms with Gasteiger partial charge in [-0.2, -0.15) is 0 Å². The monoisotopic (exact) mass is 396 g/mol. The summed E-state index contributed by atoms with van der Waals surface area (Å²) in [7, 11) is -5.75. The molecular formula is C17H20N2O5S2. The van der Waals surface area contributed by atoms with Crippen LogP contribution in [0, 0.1) is 0 Å². The van der Waals surface area contributed by atoms with Crippen LogP contribution in [0.5, 0.6) is 5.75 Å². The third-order valence-electron chi connectivity index (χ3n) is 4.36. The predicted molar refractivity (Wildman–Crippen MR) is 97.5 cm³/mol. The van der Waals surface area contributed by atoms with Gasteiger partial charge in [0.25, 0.3) is 0 Å².